The number of hydrogen-bond donors (Lipinski definition) is 1. The van der Waals surface area contributed by atoms with Gasteiger partial charge in [-0.25, -0.2) is 4.98 Å². The van der Waals surface area contributed by atoms with Gasteiger partial charge in [-0.05, 0) is 25.1 Å². The van der Waals surface area contributed by atoms with Gasteiger partial charge in [-0.3, -0.25) is 10.1 Å². The van der Waals surface area contributed by atoms with Crippen molar-refractivity contribution in [2.45, 2.75) is 13.0 Å². The molecule has 1 aromatic heterocycles. The molecule has 0 saturated heterocycles. The molecule has 0 spiro atoms. The van der Waals surface area contributed by atoms with Gasteiger partial charge in [0, 0.05) is 16.0 Å². The third kappa shape index (κ3) is 3.54. The molecule has 1 heterocycles. The number of carbonyl (C=O) groups excluding carboxylic acids is 1. The van der Waals surface area contributed by atoms with E-state index in [2.05, 4.69) is 26.2 Å². The zero-order valence-electron chi connectivity index (χ0n) is 9.59. The lowest BCUT2D eigenvalue weighted by molar-refractivity contribution is -0.122. The van der Waals surface area contributed by atoms with Gasteiger partial charge in [-0.1, -0.05) is 22.0 Å². The summed E-state index contributed by atoms with van der Waals surface area (Å²) in [5, 5.41) is 5.06. The topological polar surface area (TPSA) is 51.2 Å². The van der Waals surface area contributed by atoms with Gasteiger partial charge in [0.2, 0.25) is 0 Å². The molecule has 0 aliphatic rings. The van der Waals surface area contributed by atoms with Gasteiger partial charge in [0.15, 0.2) is 11.2 Å². The first-order chi connectivity index (χ1) is 8.65. The van der Waals surface area contributed by atoms with Crippen LogP contribution in [-0.2, 0) is 4.79 Å². The zero-order valence-corrected chi connectivity index (χ0v) is 12.0. The minimum atomic E-state index is -0.580. The van der Waals surface area contributed by atoms with Crippen molar-refractivity contribution >= 4 is 38.3 Å². The third-order valence-corrected chi connectivity index (χ3v) is 3.32. The molecular formula is C12H11BrN2O2S. The molecule has 0 aliphatic carbocycles. The quantitative estimate of drug-likeness (QED) is 0.937. The van der Waals surface area contributed by atoms with Crippen LogP contribution in [0.5, 0.6) is 5.75 Å². The van der Waals surface area contributed by atoms with Crippen LogP contribution in [0.25, 0.3) is 0 Å². The second-order valence-electron chi connectivity index (χ2n) is 3.54. The average molecular weight is 327 g/mol. The molecule has 1 amide bonds. The first kappa shape index (κ1) is 13.0. The van der Waals surface area contributed by atoms with Crippen molar-refractivity contribution < 1.29 is 9.53 Å². The van der Waals surface area contributed by atoms with Crippen molar-refractivity contribution in [3.63, 3.8) is 0 Å². The highest BCUT2D eigenvalue weighted by Gasteiger charge is 2.15. The number of carbonyl (C=O) groups is 1. The fourth-order valence-corrected chi connectivity index (χ4v) is 2.20. The van der Waals surface area contributed by atoms with Crippen molar-refractivity contribution in [2.75, 3.05) is 5.32 Å². The van der Waals surface area contributed by atoms with E-state index in [4.69, 9.17) is 4.74 Å². The summed E-state index contributed by atoms with van der Waals surface area (Å²) in [4.78, 5) is 15.8. The normalized spacial score (nSPS) is 11.9. The summed E-state index contributed by atoms with van der Waals surface area (Å²) >= 11 is 4.72. The fourth-order valence-electron chi connectivity index (χ4n) is 1.29. The summed E-state index contributed by atoms with van der Waals surface area (Å²) in [6.07, 6.45) is 1.06. The molecule has 2 aromatic rings. The fraction of sp³-hybridized carbons (Fsp3) is 0.167. The molecule has 0 aliphatic heterocycles. The van der Waals surface area contributed by atoms with E-state index in [0.29, 0.717) is 10.9 Å². The summed E-state index contributed by atoms with van der Waals surface area (Å²) in [6.45, 7) is 1.70. The highest BCUT2D eigenvalue weighted by molar-refractivity contribution is 9.10. The lowest BCUT2D eigenvalue weighted by Crippen LogP contribution is -2.30. The van der Waals surface area contributed by atoms with Gasteiger partial charge >= 0.3 is 0 Å². The standard InChI is InChI=1S/C12H11BrN2O2S/c1-8(11(16)15-12-14-5-6-18-12)17-10-4-2-3-9(13)7-10/h2-8H,1H3,(H,14,15,16)/t8-/m1/s1. The Morgan fingerprint density at radius 1 is 1.56 bits per heavy atom. The van der Waals surface area contributed by atoms with Gasteiger partial charge in [0.25, 0.3) is 5.91 Å². The van der Waals surface area contributed by atoms with Crippen molar-refractivity contribution in [2.24, 2.45) is 0 Å². The highest BCUT2D eigenvalue weighted by Crippen LogP contribution is 2.19. The van der Waals surface area contributed by atoms with E-state index >= 15 is 0 Å². The zero-order chi connectivity index (χ0) is 13.0. The molecule has 1 N–H and O–H groups in total. The molecule has 6 heteroatoms. The van der Waals surface area contributed by atoms with E-state index in [9.17, 15) is 4.79 Å². The molecule has 1 aromatic carbocycles. The number of hydrogen-bond acceptors (Lipinski definition) is 4. The molecular weight excluding hydrogens is 316 g/mol. The summed E-state index contributed by atoms with van der Waals surface area (Å²) in [6, 6.07) is 7.36. The smallest absolute Gasteiger partial charge is 0.266 e. The van der Waals surface area contributed by atoms with E-state index in [0.717, 1.165) is 4.47 Å². The number of nitrogens with zero attached hydrogens (tertiary/aromatic N) is 1. The summed E-state index contributed by atoms with van der Waals surface area (Å²) < 4.78 is 6.45. The molecule has 18 heavy (non-hydrogen) atoms. The van der Waals surface area contributed by atoms with Gasteiger partial charge in [0.05, 0.1) is 0 Å². The first-order valence-corrected chi connectivity index (χ1v) is 6.95. The van der Waals surface area contributed by atoms with Crippen LogP contribution in [-0.4, -0.2) is 17.0 Å². The van der Waals surface area contributed by atoms with Crippen molar-refractivity contribution in [3.05, 3.63) is 40.3 Å². The summed E-state index contributed by atoms with van der Waals surface area (Å²) in [7, 11) is 0. The molecule has 4 nitrogen and oxygen atoms in total. The van der Waals surface area contributed by atoms with Gasteiger partial charge in [-0.2, -0.15) is 0 Å². The SMILES string of the molecule is C[C@@H](Oc1cccc(Br)c1)C(=O)Nc1nccs1. The van der Waals surface area contributed by atoms with Crippen LogP contribution in [0.2, 0.25) is 0 Å². The van der Waals surface area contributed by atoms with Gasteiger partial charge in [-0.15, -0.1) is 11.3 Å². The molecule has 0 unspecified atom stereocenters. The van der Waals surface area contributed by atoms with Gasteiger partial charge < -0.3 is 4.74 Å². The second-order valence-corrected chi connectivity index (χ2v) is 5.35. The van der Waals surface area contributed by atoms with Crippen LogP contribution in [0.4, 0.5) is 5.13 Å². The Morgan fingerprint density at radius 2 is 2.39 bits per heavy atom. The Balaban J connectivity index is 1.95. The predicted octanol–water partition coefficient (Wildman–Crippen LogP) is 3.31. The molecule has 0 bridgehead atoms. The average Bonchev–Trinajstić information content (AvgIpc) is 2.81. The van der Waals surface area contributed by atoms with Crippen molar-refractivity contribution in [1.29, 1.82) is 0 Å². The number of aromatic nitrogens is 1. The van der Waals surface area contributed by atoms with Gasteiger partial charge in [0.1, 0.15) is 5.75 Å². The van der Waals surface area contributed by atoms with Crippen LogP contribution in [0.15, 0.2) is 40.3 Å². The number of amides is 1. The van der Waals surface area contributed by atoms with E-state index in [1.54, 1.807) is 24.6 Å². The molecule has 1 atom stereocenters. The molecule has 0 fully saturated rings. The van der Waals surface area contributed by atoms with Crippen LogP contribution < -0.4 is 10.1 Å². The summed E-state index contributed by atoms with van der Waals surface area (Å²) in [5.41, 5.74) is 0. The minimum Gasteiger partial charge on any atom is -0.481 e. The Hall–Kier alpha value is -1.40. The van der Waals surface area contributed by atoms with Crippen LogP contribution >= 0.6 is 27.3 Å². The number of halogens is 1. The number of thiazole rings is 1. The third-order valence-electron chi connectivity index (χ3n) is 2.14. The molecule has 94 valence electrons. The van der Waals surface area contributed by atoms with E-state index in [-0.39, 0.29) is 5.91 Å². The number of benzene rings is 1. The molecule has 2 rings (SSSR count). The van der Waals surface area contributed by atoms with E-state index in [1.165, 1.54) is 11.3 Å². The largest absolute Gasteiger partial charge is 0.481 e. The number of ether oxygens (including phenoxy) is 1. The lowest BCUT2D eigenvalue weighted by Gasteiger charge is -2.13. The molecule has 0 radical (unpaired) electrons. The maximum atomic E-state index is 11.8. The second kappa shape index (κ2) is 5.97. The van der Waals surface area contributed by atoms with E-state index in [1.807, 2.05) is 18.2 Å². The Labute approximate surface area is 117 Å². The number of anilines is 1. The maximum absolute atomic E-state index is 11.8. The van der Waals surface area contributed by atoms with Crippen LogP contribution in [0.3, 0.4) is 0 Å². The molecule has 0 saturated carbocycles. The lowest BCUT2D eigenvalue weighted by atomic mass is 10.3. The monoisotopic (exact) mass is 326 g/mol. The minimum absolute atomic E-state index is 0.218. The predicted molar refractivity (Wildman–Crippen MR) is 75.0 cm³/mol. The highest BCUT2D eigenvalue weighted by atomic mass is 79.9. The van der Waals surface area contributed by atoms with Crippen molar-refractivity contribution in [3.8, 4) is 5.75 Å². The number of nitrogens with one attached hydrogen (secondary N) is 1. The summed E-state index contributed by atoms with van der Waals surface area (Å²) in [5.74, 6) is 0.427. The van der Waals surface area contributed by atoms with E-state index < -0.39 is 6.10 Å². The first-order valence-electron chi connectivity index (χ1n) is 5.28. The van der Waals surface area contributed by atoms with Crippen LogP contribution in [0, 0.1) is 0 Å². The van der Waals surface area contributed by atoms with Crippen LogP contribution in [0.1, 0.15) is 6.92 Å². The maximum Gasteiger partial charge on any atom is 0.266 e. The number of rotatable bonds is 4. The Bertz CT molecular complexity index is 531. The Morgan fingerprint density at radius 3 is 3.06 bits per heavy atom. The Kier molecular flexibility index (Phi) is 4.33. The van der Waals surface area contributed by atoms with Crippen molar-refractivity contribution in [1.82, 2.24) is 4.98 Å².